The fraction of sp³-hybridized carbons (Fsp3) is 0.562. The number of ether oxygens (including phenoxy) is 2. The molecule has 4 nitrogen and oxygen atoms in total. The number of benzene rings is 1. The number of hydrogen-bond acceptors (Lipinski definition) is 3. The van der Waals surface area contributed by atoms with Crippen LogP contribution < -0.4 is 10.1 Å². The third-order valence-electron chi connectivity index (χ3n) is 3.51. The van der Waals surface area contributed by atoms with Gasteiger partial charge in [0.1, 0.15) is 17.2 Å². The highest BCUT2D eigenvalue weighted by Crippen LogP contribution is 2.51. The molecule has 1 fully saturated rings. The molecular formula is C16H21ClFNO3. The van der Waals surface area contributed by atoms with Gasteiger partial charge in [-0.15, -0.1) is 0 Å². The minimum atomic E-state index is -0.532. The smallest absolute Gasteiger partial charge is 0.407 e. The van der Waals surface area contributed by atoms with Crippen LogP contribution in [-0.2, 0) is 4.74 Å². The summed E-state index contributed by atoms with van der Waals surface area (Å²) in [4.78, 5) is 11.6. The molecule has 1 aromatic carbocycles. The van der Waals surface area contributed by atoms with E-state index < -0.39 is 17.5 Å². The summed E-state index contributed by atoms with van der Waals surface area (Å²) in [5, 5.41) is 2.80. The average Bonchev–Trinajstić information content (AvgIpc) is 3.16. The van der Waals surface area contributed by atoms with Crippen molar-refractivity contribution in [2.24, 2.45) is 5.92 Å². The van der Waals surface area contributed by atoms with Crippen LogP contribution in [0.4, 0.5) is 9.18 Å². The van der Waals surface area contributed by atoms with E-state index in [0.717, 1.165) is 6.42 Å². The summed E-state index contributed by atoms with van der Waals surface area (Å²) in [5.41, 5.74) is -0.0408. The van der Waals surface area contributed by atoms with E-state index in [1.165, 1.54) is 13.2 Å². The lowest BCUT2D eigenvalue weighted by atomic mass is 10.1. The van der Waals surface area contributed by atoms with Gasteiger partial charge in [0, 0.05) is 12.1 Å². The molecule has 2 atom stereocenters. The van der Waals surface area contributed by atoms with Crippen molar-refractivity contribution in [3.05, 3.63) is 28.5 Å². The van der Waals surface area contributed by atoms with Gasteiger partial charge >= 0.3 is 6.09 Å². The summed E-state index contributed by atoms with van der Waals surface area (Å²) < 4.78 is 24.6. The Morgan fingerprint density at radius 2 is 2.14 bits per heavy atom. The number of methoxy groups -OCH3 is 1. The number of carbonyl (C=O) groups is 1. The van der Waals surface area contributed by atoms with Gasteiger partial charge in [-0.2, -0.15) is 0 Å². The molecule has 22 heavy (non-hydrogen) atoms. The van der Waals surface area contributed by atoms with E-state index >= 15 is 0 Å². The normalized spacial score (nSPS) is 20.5. The molecule has 6 heteroatoms. The van der Waals surface area contributed by atoms with Crippen LogP contribution in [0.25, 0.3) is 0 Å². The molecule has 1 N–H and O–H groups in total. The first-order chi connectivity index (χ1) is 10.2. The molecular weight excluding hydrogens is 309 g/mol. The van der Waals surface area contributed by atoms with Crippen molar-refractivity contribution in [3.8, 4) is 5.75 Å². The van der Waals surface area contributed by atoms with E-state index in [4.69, 9.17) is 21.1 Å². The van der Waals surface area contributed by atoms with E-state index in [9.17, 15) is 9.18 Å². The number of alkyl carbamates (subject to hydrolysis) is 1. The second-order valence-electron chi connectivity index (χ2n) is 6.46. The van der Waals surface area contributed by atoms with E-state index in [0.29, 0.717) is 17.9 Å². The molecule has 0 heterocycles. The predicted octanol–water partition coefficient (Wildman–Crippen LogP) is 4.12. The zero-order valence-electron chi connectivity index (χ0n) is 13.2. The van der Waals surface area contributed by atoms with Crippen LogP contribution in [0, 0.1) is 11.7 Å². The molecule has 0 radical (unpaired) electrons. The number of rotatable bonds is 4. The van der Waals surface area contributed by atoms with E-state index in [2.05, 4.69) is 5.32 Å². The van der Waals surface area contributed by atoms with Crippen LogP contribution in [0.1, 0.15) is 38.7 Å². The number of amides is 1. The highest BCUT2D eigenvalue weighted by Gasteiger charge is 2.42. The van der Waals surface area contributed by atoms with Gasteiger partial charge < -0.3 is 14.8 Å². The monoisotopic (exact) mass is 329 g/mol. The van der Waals surface area contributed by atoms with Crippen molar-refractivity contribution in [2.45, 2.75) is 38.7 Å². The fourth-order valence-corrected chi connectivity index (χ4v) is 2.59. The van der Waals surface area contributed by atoms with Gasteiger partial charge in [-0.05, 0) is 51.2 Å². The van der Waals surface area contributed by atoms with Gasteiger partial charge in [0.2, 0.25) is 0 Å². The van der Waals surface area contributed by atoms with Gasteiger partial charge in [0.15, 0.2) is 0 Å². The van der Waals surface area contributed by atoms with Gasteiger partial charge in [-0.3, -0.25) is 0 Å². The Labute approximate surface area is 134 Å². The van der Waals surface area contributed by atoms with Crippen molar-refractivity contribution < 1.29 is 18.7 Å². The molecule has 0 aliphatic heterocycles. The number of carbonyl (C=O) groups excluding carboxylic acids is 1. The Bertz CT molecular complexity index is 571. The fourth-order valence-electron chi connectivity index (χ4n) is 2.43. The molecule has 0 aromatic heterocycles. The standard InChI is InChI=1S/C16H21ClFNO3/c1-16(2,3)22-15(20)19-8-9-7-10(9)13-12(21-4)6-5-11(17)14(13)18/h5-6,9-10H,7-8H2,1-4H3,(H,19,20). The lowest BCUT2D eigenvalue weighted by Gasteiger charge is -2.19. The number of hydrogen-bond donors (Lipinski definition) is 1. The molecule has 1 saturated carbocycles. The van der Waals surface area contributed by atoms with Crippen LogP contribution in [-0.4, -0.2) is 25.3 Å². The molecule has 1 aliphatic carbocycles. The quantitative estimate of drug-likeness (QED) is 0.904. The van der Waals surface area contributed by atoms with Gasteiger partial charge in [-0.25, -0.2) is 9.18 Å². The molecule has 1 aliphatic rings. The average molecular weight is 330 g/mol. The van der Waals surface area contributed by atoms with E-state index in [1.807, 2.05) is 0 Å². The van der Waals surface area contributed by atoms with Crippen LogP contribution in [0.3, 0.4) is 0 Å². The van der Waals surface area contributed by atoms with Gasteiger partial charge in [0.05, 0.1) is 12.1 Å². The summed E-state index contributed by atoms with van der Waals surface area (Å²) in [6, 6.07) is 3.15. The maximum Gasteiger partial charge on any atom is 0.407 e. The first-order valence-electron chi connectivity index (χ1n) is 7.21. The molecule has 122 valence electrons. The van der Waals surface area contributed by atoms with Crippen LogP contribution in [0.15, 0.2) is 12.1 Å². The first kappa shape index (κ1) is 16.9. The summed E-state index contributed by atoms with van der Waals surface area (Å²) >= 11 is 5.84. The summed E-state index contributed by atoms with van der Waals surface area (Å²) in [5.74, 6) is 0.218. The Balaban J connectivity index is 1.96. The first-order valence-corrected chi connectivity index (χ1v) is 7.59. The third kappa shape index (κ3) is 4.03. The zero-order chi connectivity index (χ0) is 16.5. The number of halogens is 2. The summed E-state index contributed by atoms with van der Waals surface area (Å²) in [6.45, 7) is 5.85. The van der Waals surface area contributed by atoms with Crippen molar-refractivity contribution in [3.63, 3.8) is 0 Å². The Hall–Kier alpha value is -1.49. The third-order valence-corrected chi connectivity index (χ3v) is 3.81. The molecule has 1 aromatic rings. The second-order valence-corrected chi connectivity index (χ2v) is 6.87. The maximum absolute atomic E-state index is 14.2. The highest BCUT2D eigenvalue weighted by molar-refractivity contribution is 6.30. The molecule has 2 rings (SSSR count). The Morgan fingerprint density at radius 3 is 2.73 bits per heavy atom. The minimum Gasteiger partial charge on any atom is -0.496 e. The molecule has 2 unspecified atom stereocenters. The van der Waals surface area contributed by atoms with E-state index in [1.54, 1.807) is 26.8 Å². The van der Waals surface area contributed by atoms with Crippen LogP contribution in [0.5, 0.6) is 5.75 Å². The SMILES string of the molecule is COc1ccc(Cl)c(F)c1C1CC1CNC(=O)OC(C)(C)C. The maximum atomic E-state index is 14.2. The molecule has 0 saturated heterocycles. The van der Waals surface area contributed by atoms with Crippen LogP contribution in [0.2, 0.25) is 5.02 Å². The number of nitrogens with one attached hydrogen (secondary N) is 1. The molecule has 0 bridgehead atoms. The Morgan fingerprint density at radius 1 is 1.45 bits per heavy atom. The van der Waals surface area contributed by atoms with E-state index in [-0.39, 0.29) is 16.9 Å². The highest BCUT2D eigenvalue weighted by atomic mass is 35.5. The summed E-state index contributed by atoms with van der Waals surface area (Å²) in [7, 11) is 1.50. The minimum absolute atomic E-state index is 0.00332. The predicted molar refractivity (Wildman–Crippen MR) is 83.0 cm³/mol. The van der Waals surface area contributed by atoms with Gasteiger partial charge in [-0.1, -0.05) is 11.6 Å². The van der Waals surface area contributed by atoms with Gasteiger partial charge in [0.25, 0.3) is 0 Å². The Kier molecular flexibility index (Phi) is 4.85. The topological polar surface area (TPSA) is 47.6 Å². The van der Waals surface area contributed by atoms with Crippen LogP contribution >= 0.6 is 11.6 Å². The second kappa shape index (κ2) is 6.32. The molecule has 1 amide bonds. The summed E-state index contributed by atoms with van der Waals surface area (Å²) in [6.07, 6.45) is 0.320. The van der Waals surface area contributed by atoms with Crippen molar-refractivity contribution in [1.29, 1.82) is 0 Å². The largest absolute Gasteiger partial charge is 0.496 e. The lowest BCUT2D eigenvalue weighted by molar-refractivity contribution is 0.0525. The van der Waals surface area contributed by atoms with Crippen molar-refractivity contribution in [2.75, 3.05) is 13.7 Å². The van der Waals surface area contributed by atoms with Crippen molar-refractivity contribution in [1.82, 2.24) is 5.32 Å². The lowest BCUT2D eigenvalue weighted by Crippen LogP contribution is -2.33. The molecule has 0 spiro atoms. The van der Waals surface area contributed by atoms with Crippen molar-refractivity contribution >= 4 is 17.7 Å². The zero-order valence-corrected chi connectivity index (χ0v) is 14.0.